The maximum Gasteiger partial charge on any atom is 0.213 e. The van der Waals surface area contributed by atoms with Gasteiger partial charge in [-0.15, -0.1) is 0 Å². The minimum atomic E-state index is -3.36. The summed E-state index contributed by atoms with van der Waals surface area (Å²) in [4.78, 5) is 4.72. The number of sulfonamides is 1. The van der Waals surface area contributed by atoms with Crippen molar-refractivity contribution in [3.05, 3.63) is 71.8 Å². The Morgan fingerprint density at radius 2 is 1.66 bits per heavy atom. The van der Waals surface area contributed by atoms with Crippen molar-refractivity contribution in [3.63, 3.8) is 0 Å². The van der Waals surface area contributed by atoms with Gasteiger partial charge < -0.3 is 10.6 Å². The number of rotatable bonds is 10. The van der Waals surface area contributed by atoms with Crippen LogP contribution in [0.2, 0.25) is 0 Å². The molecule has 0 bridgehead atoms. The highest BCUT2D eigenvalue weighted by Crippen LogP contribution is 2.48. The number of hydrogen-bond donors (Lipinski definition) is 3. The van der Waals surface area contributed by atoms with E-state index in [4.69, 9.17) is 4.99 Å². The van der Waals surface area contributed by atoms with Crippen LogP contribution >= 0.6 is 0 Å². The summed E-state index contributed by atoms with van der Waals surface area (Å²) in [5, 5.41) is 6.35. The van der Waals surface area contributed by atoms with Crippen molar-refractivity contribution in [2.75, 3.05) is 25.4 Å². The smallest absolute Gasteiger partial charge is 0.213 e. The lowest BCUT2D eigenvalue weighted by molar-refractivity contribution is 0.579. The molecular weight excluding hydrogens is 384 g/mol. The van der Waals surface area contributed by atoms with Crippen molar-refractivity contribution in [1.82, 2.24) is 15.4 Å². The van der Waals surface area contributed by atoms with Gasteiger partial charge in [-0.25, -0.2) is 13.1 Å². The molecule has 3 N–H and O–H groups in total. The third-order valence-electron chi connectivity index (χ3n) is 5.13. The maximum atomic E-state index is 12.2. The highest BCUT2D eigenvalue weighted by molar-refractivity contribution is 7.89. The van der Waals surface area contributed by atoms with Gasteiger partial charge in [0.2, 0.25) is 10.0 Å². The van der Waals surface area contributed by atoms with E-state index in [1.807, 2.05) is 43.3 Å². The molecule has 0 amide bonds. The van der Waals surface area contributed by atoms with Crippen LogP contribution < -0.4 is 15.4 Å². The van der Waals surface area contributed by atoms with E-state index in [1.165, 1.54) is 5.56 Å². The fraction of sp³-hybridized carbons (Fsp3) is 0.409. The number of nitrogens with zero attached hydrogens (tertiary/aromatic N) is 1. The lowest BCUT2D eigenvalue weighted by Gasteiger charge is -2.16. The number of benzene rings is 2. The van der Waals surface area contributed by atoms with Crippen LogP contribution in [-0.2, 0) is 22.0 Å². The Morgan fingerprint density at radius 3 is 2.28 bits per heavy atom. The van der Waals surface area contributed by atoms with Gasteiger partial charge in [0.15, 0.2) is 5.96 Å². The molecule has 0 saturated heterocycles. The Kier molecular flexibility index (Phi) is 7.28. The Bertz CT molecular complexity index is 895. The third kappa shape index (κ3) is 6.58. The van der Waals surface area contributed by atoms with E-state index in [1.54, 1.807) is 0 Å². The van der Waals surface area contributed by atoms with Crippen LogP contribution in [0.15, 0.2) is 65.7 Å². The van der Waals surface area contributed by atoms with Crippen LogP contribution in [0.4, 0.5) is 0 Å². The standard InChI is InChI=1S/C22H30N4O2S/c1-2-23-21(25-18-22(13-14-22)20-11-7-4-8-12-20)24-15-16-29(27,28)26-17-19-9-5-3-6-10-19/h3-12,26H,2,13-18H2,1H3,(H2,23,24,25). The fourth-order valence-corrected chi connectivity index (χ4v) is 4.12. The molecule has 1 aliphatic rings. The van der Waals surface area contributed by atoms with Gasteiger partial charge in [-0.2, -0.15) is 0 Å². The molecular formula is C22H30N4O2S. The summed E-state index contributed by atoms with van der Waals surface area (Å²) in [6, 6.07) is 20.0. The average molecular weight is 415 g/mol. The summed E-state index contributed by atoms with van der Waals surface area (Å²) in [5.41, 5.74) is 2.40. The molecule has 1 saturated carbocycles. The normalized spacial score (nSPS) is 15.7. The second-order valence-electron chi connectivity index (χ2n) is 7.39. The van der Waals surface area contributed by atoms with Crippen molar-refractivity contribution in [2.24, 2.45) is 4.99 Å². The molecule has 2 aromatic rings. The molecule has 0 radical (unpaired) electrons. The monoisotopic (exact) mass is 414 g/mol. The van der Waals surface area contributed by atoms with Gasteiger partial charge >= 0.3 is 0 Å². The highest BCUT2D eigenvalue weighted by Gasteiger charge is 2.43. The molecule has 29 heavy (non-hydrogen) atoms. The second-order valence-corrected chi connectivity index (χ2v) is 9.32. The first-order valence-electron chi connectivity index (χ1n) is 10.1. The fourth-order valence-electron chi connectivity index (χ4n) is 3.22. The Hall–Kier alpha value is -2.38. The molecule has 3 rings (SSSR count). The minimum Gasteiger partial charge on any atom is -0.357 e. The summed E-state index contributed by atoms with van der Waals surface area (Å²) >= 11 is 0. The molecule has 0 aliphatic heterocycles. The predicted molar refractivity (Wildman–Crippen MR) is 118 cm³/mol. The van der Waals surface area contributed by atoms with E-state index in [9.17, 15) is 8.42 Å². The van der Waals surface area contributed by atoms with E-state index in [-0.39, 0.29) is 11.2 Å². The van der Waals surface area contributed by atoms with Crippen LogP contribution in [0.25, 0.3) is 0 Å². The summed E-state index contributed by atoms with van der Waals surface area (Å²) < 4.78 is 27.1. The zero-order chi connectivity index (χ0) is 20.6. The third-order valence-corrected chi connectivity index (χ3v) is 6.45. The molecule has 2 aromatic carbocycles. The van der Waals surface area contributed by atoms with E-state index in [0.29, 0.717) is 25.6 Å². The molecule has 0 atom stereocenters. The van der Waals surface area contributed by atoms with Crippen molar-refractivity contribution >= 4 is 16.0 Å². The lowest BCUT2D eigenvalue weighted by atomic mass is 9.96. The SMILES string of the molecule is CCNC(=NCC1(c2ccccc2)CC1)NCCS(=O)(=O)NCc1ccccc1. The second kappa shape index (κ2) is 9.89. The predicted octanol–water partition coefficient (Wildman–Crippen LogP) is 2.39. The van der Waals surface area contributed by atoms with Crippen LogP contribution in [0.3, 0.4) is 0 Å². The molecule has 6 nitrogen and oxygen atoms in total. The molecule has 0 aromatic heterocycles. The Morgan fingerprint density at radius 1 is 1.00 bits per heavy atom. The first kappa shape index (κ1) is 21.3. The highest BCUT2D eigenvalue weighted by atomic mass is 32.2. The van der Waals surface area contributed by atoms with Gasteiger partial charge in [0, 0.05) is 25.0 Å². The number of guanidine groups is 1. The maximum absolute atomic E-state index is 12.2. The summed E-state index contributed by atoms with van der Waals surface area (Å²) in [6.07, 6.45) is 2.27. The molecule has 0 unspecified atom stereocenters. The van der Waals surface area contributed by atoms with Crippen LogP contribution in [0, 0.1) is 0 Å². The molecule has 1 aliphatic carbocycles. The van der Waals surface area contributed by atoms with Gasteiger partial charge in [0.05, 0.1) is 12.3 Å². The molecule has 1 fully saturated rings. The Balaban J connectivity index is 1.49. The molecule has 0 heterocycles. The van der Waals surface area contributed by atoms with E-state index >= 15 is 0 Å². The number of aliphatic imine (C=N–C) groups is 1. The topological polar surface area (TPSA) is 82.6 Å². The van der Waals surface area contributed by atoms with E-state index in [0.717, 1.165) is 24.9 Å². The number of nitrogens with one attached hydrogen (secondary N) is 3. The summed E-state index contributed by atoms with van der Waals surface area (Å²) in [7, 11) is -3.36. The van der Waals surface area contributed by atoms with Crippen molar-refractivity contribution in [2.45, 2.75) is 31.7 Å². The quantitative estimate of drug-likeness (QED) is 0.412. The van der Waals surface area contributed by atoms with E-state index in [2.05, 4.69) is 39.6 Å². The molecule has 0 spiro atoms. The first-order valence-corrected chi connectivity index (χ1v) is 11.8. The molecule has 156 valence electrons. The van der Waals surface area contributed by atoms with Gasteiger partial charge in [-0.1, -0.05) is 60.7 Å². The minimum absolute atomic E-state index is 0.00588. The number of hydrogen-bond acceptors (Lipinski definition) is 3. The van der Waals surface area contributed by atoms with Gasteiger partial charge in [-0.05, 0) is 30.9 Å². The Labute approximate surface area is 173 Å². The largest absolute Gasteiger partial charge is 0.357 e. The van der Waals surface area contributed by atoms with Gasteiger partial charge in [0.25, 0.3) is 0 Å². The van der Waals surface area contributed by atoms with Gasteiger partial charge in [-0.3, -0.25) is 4.99 Å². The van der Waals surface area contributed by atoms with Crippen molar-refractivity contribution < 1.29 is 8.42 Å². The van der Waals surface area contributed by atoms with Crippen molar-refractivity contribution in [1.29, 1.82) is 0 Å². The summed E-state index contributed by atoms with van der Waals surface area (Å²) in [5.74, 6) is 0.654. The van der Waals surface area contributed by atoms with Gasteiger partial charge in [0.1, 0.15) is 0 Å². The molecule has 7 heteroatoms. The zero-order valence-corrected chi connectivity index (χ0v) is 17.7. The average Bonchev–Trinajstić information content (AvgIpc) is 3.53. The van der Waals surface area contributed by atoms with Crippen molar-refractivity contribution in [3.8, 4) is 0 Å². The lowest BCUT2D eigenvalue weighted by Crippen LogP contribution is -2.41. The zero-order valence-electron chi connectivity index (χ0n) is 16.9. The first-order chi connectivity index (χ1) is 14.0. The van der Waals surface area contributed by atoms with Crippen LogP contribution in [0.5, 0.6) is 0 Å². The van der Waals surface area contributed by atoms with Crippen LogP contribution in [0.1, 0.15) is 30.9 Å². The summed E-state index contributed by atoms with van der Waals surface area (Å²) in [6.45, 7) is 4.03. The van der Waals surface area contributed by atoms with Crippen LogP contribution in [-0.4, -0.2) is 39.8 Å². The van der Waals surface area contributed by atoms with E-state index < -0.39 is 10.0 Å².